The molecular formula is C30H29NO6S. The smallest absolute Gasteiger partial charge is 0.339 e. The fraction of sp³-hybridized carbons (Fsp3) is 0.267. The Morgan fingerprint density at radius 3 is 2.34 bits per heavy atom. The van der Waals surface area contributed by atoms with Crippen molar-refractivity contribution in [3.8, 4) is 5.75 Å². The van der Waals surface area contributed by atoms with Gasteiger partial charge in [-0.1, -0.05) is 48.0 Å². The summed E-state index contributed by atoms with van der Waals surface area (Å²) in [6.45, 7) is 3.68. The Morgan fingerprint density at radius 1 is 0.947 bits per heavy atom. The molecule has 1 aliphatic carbocycles. The molecule has 38 heavy (non-hydrogen) atoms. The SMILES string of the molecule is Cc1ccc(S(=O)(=O)N[C@H](Cc2ccccc2)C(=O)Oc2cc(C)cc3oc(=O)c4c(c23)CCCC4)cc1. The molecule has 0 unspecified atom stereocenters. The van der Waals surface area contributed by atoms with Crippen LogP contribution in [0.4, 0.5) is 0 Å². The van der Waals surface area contributed by atoms with E-state index in [1.807, 2.05) is 44.2 Å². The molecule has 0 saturated carbocycles. The van der Waals surface area contributed by atoms with Crippen molar-refractivity contribution in [3.05, 3.63) is 105 Å². The number of carbonyl (C=O) groups excluding carboxylic acids is 1. The van der Waals surface area contributed by atoms with Gasteiger partial charge in [-0.3, -0.25) is 0 Å². The van der Waals surface area contributed by atoms with Gasteiger partial charge in [-0.2, -0.15) is 4.72 Å². The van der Waals surface area contributed by atoms with Crippen LogP contribution in [0.1, 0.15) is 40.7 Å². The average Bonchev–Trinajstić information content (AvgIpc) is 2.89. The highest BCUT2D eigenvalue weighted by molar-refractivity contribution is 7.89. The van der Waals surface area contributed by atoms with Crippen molar-refractivity contribution in [2.75, 3.05) is 0 Å². The number of rotatable bonds is 7. The predicted molar refractivity (Wildman–Crippen MR) is 145 cm³/mol. The van der Waals surface area contributed by atoms with Crippen LogP contribution < -0.4 is 15.1 Å². The minimum atomic E-state index is -4.01. The summed E-state index contributed by atoms with van der Waals surface area (Å²) in [6, 6.07) is 17.9. The van der Waals surface area contributed by atoms with E-state index in [9.17, 15) is 18.0 Å². The quantitative estimate of drug-likeness (QED) is 0.209. The summed E-state index contributed by atoms with van der Waals surface area (Å²) in [7, 11) is -4.01. The second-order valence-electron chi connectivity index (χ2n) is 9.79. The second-order valence-corrected chi connectivity index (χ2v) is 11.5. The molecule has 196 valence electrons. The Kier molecular flexibility index (Phi) is 7.19. The molecule has 5 rings (SSSR count). The standard InChI is InChI=1S/C30H29NO6S/c1-19-12-14-22(15-13-19)38(34,35)31-25(18-21-8-4-3-5-9-21)30(33)37-27-17-20(2)16-26-28(27)23-10-6-7-11-24(23)29(32)36-26/h3-5,8-9,12-17,25,31H,6-7,10-11,18H2,1-2H3/t25-/m1/s1. The van der Waals surface area contributed by atoms with Crippen LogP contribution in [0.5, 0.6) is 5.75 Å². The number of carbonyl (C=O) groups is 1. The minimum Gasteiger partial charge on any atom is -0.425 e. The van der Waals surface area contributed by atoms with E-state index in [4.69, 9.17) is 9.15 Å². The summed E-state index contributed by atoms with van der Waals surface area (Å²) in [5.74, 6) is -0.480. The van der Waals surface area contributed by atoms with Gasteiger partial charge in [0.2, 0.25) is 10.0 Å². The molecule has 0 aliphatic heterocycles. The summed E-state index contributed by atoms with van der Waals surface area (Å²) >= 11 is 0. The van der Waals surface area contributed by atoms with Crippen LogP contribution in [0.25, 0.3) is 11.0 Å². The van der Waals surface area contributed by atoms with Gasteiger partial charge in [-0.15, -0.1) is 0 Å². The van der Waals surface area contributed by atoms with Gasteiger partial charge in [0.05, 0.1) is 10.3 Å². The molecule has 1 N–H and O–H groups in total. The van der Waals surface area contributed by atoms with Crippen LogP contribution in [0, 0.1) is 13.8 Å². The van der Waals surface area contributed by atoms with E-state index in [2.05, 4.69) is 4.72 Å². The molecule has 0 spiro atoms. The topological polar surface area (TPSA) is 103 Å². The summed E-state index contributed by atoms with van der Waals surface area (Å²) in [5.41, 5.74) is 3.90. The second kappa shape index (κ2) is 10.6. The van der Waals surface area contributed by atoms with E-state index in [1.165, 1.54) is 12.1 Å². The molecule has 8 heteroatoms. The van der Waals surface area contributed by atoms with Crippen molar-refractivity contribution >= 4 is 27.0 Å². The summed E-state index contributed by atoms with van der Waals surface area (Å²) < 4.78 is 40.5. The van der Waals surface area contributed by atoms with Gasteiger partial charge < -0.3 is 9.15 Å². The van der Waals surface area contributed by atoms with Gasteiger partial charge in [0.15, 0.2) is 0 Å². The Balaban J connectivity index is 1.53. The molecule has 0 saturated heterocycles. The van der Waals surface area contributed by atoms with Gasteiger partial charge in [0.1, 0.15) is 17.4 Å². The van der Waals surface area contributed by atoms with E-state index in [-0.39, 0.29) is 22.7 Å². The summed E-state index contributed by atoms with van der Waals surface area (Å²) in [5, 5.41) is 0.595. The van der Waals surface area contributed by atoms with E-state index >= 15 is 0 Å². The molecule has 0 amide bonds. The number of benzene rings is 3. The highest BCUT2D eigenvalue weighted by Gasteiger charge is 2.29. The van der Waals surface area contributed by atoms with Crippen LogP contribution in [0.15, 0.2) is 80.8 Å². The van der Waals surface area contributed by atoms with E-state index < -0.39 is 22.0 Å². The van der Waals surface area contributed by atoms with E-state index in [1.54, 1.807) is 24.3 Å². The van der Waals surface area contributed by atoms with Crippen molar-refractivity contribution < 1.29 is 22.4 Å². The first-order valence-electron chi connectivity index (χ1n) is 12.6. The van der Waals surface area contributed by atoms with Crippen LogP contribution in [-0.2, 0) is 34.1 Å². The zero-order chi connectivity index (χ0) is 26.9. The fourth-order valence-corrected chi connectivity index (χ4v) is 6.11. The largest absolute Gasteiger partial charge is 0.425 e. The molecule has 3 aromatic carbocycles. The first kappa shape index (κ1) is 25.9. The third kappa shape index (κ3) is 5.42. The summed E-state index contributed by atoms with van der Waals surface area (Å²) in [4.78, 5) is 26.3. The first-order chi connectivity index (χ1) is 18.2. The normalized spacial score (nSPS) is 14.2. The molecule has 0 bridgehead atoms. The fourth-order valence-electron chi connectivity index (χ4n) is 4.92. The molecule has 1 heterocycles. The number of hydrogen-bond donors (Lipinski definition) is 1. The third-order valence-electron chi connectivity index (χ3n) is 6.84. The monoisotopic (exact) mass is 531 g/mol. The molecule has 1 atom stereocenters. The van der Waals surface area contributed by atoms with Crippen LogP contribution in [-0.4, -0.2) is 20.4 Å². The Hall–Kier alpha value is -3.75. The lowest BCUT2D eigenvalue weighted by molar-refractivity contribution is -0.136. The van der Waals surface area contributed by atoms with Gasteiger partial charge in [0.25, 0.3) is 0 Å². The maximum atomic E-state index is 13.6. The van der Waals surface area contributed by atoms with Crippen LogP contribution in [0.3, 0.4) is 0 Å². The molecule has 7 nitrogen and oxygen atoms in total. The van der Waals surface area contributed by atoms with Gasteiger partial charge in [-0.05, 0) is 86.9 Å². The van der Waals surface area contributed by atoms with Crippen molar-refractivity contribution in [2.24, 2.45) is 0 Å². The predicted octanol–water partition coefficient (Wildman–Crippen LogP) is 4.78. The van der Waals surface area contributed by atoms with Crippen molar-refractivity contribution in [3.63, 3.8) is 0 Å². The lowest BCUT2D eigenvalue weighted by Crippen LogP contribution is -2.44. The molecule has 0 radical (unpaired) electrons. The molecule has 4 aromatic rings. The number of hydrogen-bond acceptors (Lipinski definition) is 6. The number of esters is 1. The zero-order valence-electron chi connectivity index (χ0n) is 21.3. The number of fused-ring (bicyclic) bond motifs is 3. The van der Waals surface area contributed by atoms with Gasteiger partial charge in [0, 0.05) is 5.56 Å². The minimum absolute atomic E-state index is 0.0609. The number of aryl methyl sites for hydroxylation is 3. The van der Waals surface area contributed by atoms with Gasteiger partial charge >= 0.3 is 11.6 Å². The van der Waals surface area contributed by atoms with E-state index in [0.717, 1.165) is 35.1 Å². The maximum absolute atomic E-state index is 13.6. The highest BCUT2D eigenvalue weighted by Crippen LogP contribution is 2.35. The maximum Gasteiger partial charge on any atom is 0.339 e. The Morgan fingerprint density at radius 2 is 1.63 bits per heavy atom. The van der Waals surface area contributed by atoms with Crippen molar-refractivity contribution in [2.45, 2.75) is 56.9 Å². The molecular weight excluding hydrogens is 502 g/mol. The number of ether oxygens (including phenoxy) is 1. The zero-order valence-corrected chi connectivity index (χ0v) is 22.1. The molecule has 1 aliphatic rings. The van der Waals surface area contributed by atoms with Gasteiger partial charge in [-0.25, -0.2) is 18.0 Å². The Labute approximate surface area is 221 Å². The molecule has 0 fully saturated rings. The van der Waals surface area contributed by atoms with Crippen LogP contribution >= 0.6 is 0 Å². The van der Waals surface area contributed by atoms with Crippen molar-refractivity contribution in [1.82, 2.24) is 4.72 Å². The summed E-state index contributed by atoms with van der Waals surface area (Å²) in [6.07, 6.45) is 3.20. The number of sulfonamides is 1. The molecule has 1 aromatic heterocycles. The third-order valence-corrected chi connectivity index (χ3v) is 8.32. The van der Waals surface area contributed by atoms with Crippen LogP contribution in [0.2, 0.25) is 0 Å². The lowest BCUT2D eigenvalue weighted by atomic mass is 9.90. The first-order valence-corrected chi connectivity index (χ1v) is 14.1. The lowest BCUT2D eigenvalue weighted by Gasteiger charge is -2.21. The van der Waals surface area contributed by atoms with E-state index in [0.29, 0.717) is 29.4 Å². The average molecular weight is 532 g/mol. The Bertz CT molecular complexity index is 1660. The van der Waals surface area contributed by atoms with Crippen molar-refractivity contribution in [1.29, 1.82) is 0 Å². The highest BCUT2D eigenvalue weighted by atomic mass is 32.2. The number of nitrogens with one attached hydrogen (secondary N) is 1.